The second-order valence-electron chi connectivity index (χ2n) is 5.85. The van der Waals surface area contributed by atoms with Gasteiger partial charge in [0.1, 0.15) is 17.9 Å². The van der Waals surface area contributed by atoms with E-state index >= 15 is 0 Å². The SMILES string of the molecule is CCC1(CC)NC(=O)N(CCOc2cc(C)cc(C)c2)C1=O. The number of carbonyl (C=O) groups is 2. The Balaban J connectivity index is 1.97. The zero-order valence-corrected chi connectivity index (χ0v) is 13.7. The van der Waals surface area contributed by atoms with Gasteiger partial charge in [0, 0.05) is 0 Å². The summed E-state index contributed by atoms with van der Waals surface area (Å²) in [7, 11) is 0. The predicted octanol–water partition coefficient (Wildman–Crippen LogP) is 2.79. The van der Waals surface area contributed by atoms with E-state index in [0.717, 1.165) is 16.9 Å². The third-order valence-corrected chi connectivity index (χ3v) is 4.23. The molecule has 1 N–H and O–H groups in total. The number of amides is 3. The molecule has 1 aliphatic rings. The van der Waals surface area contributed by atoms with Gasteiger partial charge in [-0.1, -0.05) is 19.9 Å². The minimum absolute atomic E-state index is 0.147. The van der Waals surface area contributed by atoms with Gasteiger partial charge in [0.05, 0.1) is 6.54 Å². The van der Waals surface area contributed by atoms with Crippen LogP contribution >= 0.6 is 0 Å². The lowest BCUT2D eigenvalue weighted by Crippen LogP contribution is -2.46. The van der Waals surface area contributed by atoms with E-state index in [1.54, 1.807) is 0 Å². The van der Waals surface area contributed by atoms with Crippen LogP contribution in [0.2, 0.25) is 0 Å². The quantitative estimate of drug-likeness (QED) is 0.822. The molecule has 1 heterocycles. The fourth-order valence-electron chi connectivity index (χ4n) is 2.88. The maximum atomic E-state index is 12.4. The van der Waals surface area contributed by atoms with Gasteiger partial charge in [0.25, 0.3) is 5.91 Å². The lowest BCUT2D eigenvalue weighted by atomic mass is 9.93. The largest absolute Gasteiger partial charge is 0.492 e. The minimum atomic E-state index is -0.739. The monoisotopic (exact) mass is 304 g/mol. The molecule has 0 radical (unpaired) electrons. The number of carbonyl (C=O) groups excluding carboxylic acids is 2. The molecule has 120 valence electrons. The number of urea groups is 1. The van der Waals surface area contributed by atoms with Gasteiger partial charge in [-0.2, -0.15) is 0 Å². The highest BCUT2D eigenvalue weighted by molar-refractivity contribution is 6.06. The summed E-state index contributed by atoms with van der Waals surface area (Å²) in [6.45, 7) is 8.40. The normalized spacial score (nSPS) is 16.8. The third kappa shape index (κ3) is 3.08. The molecule has 1 saturated heterocycles. The van der Waals surface area contributed by atoms with Gasteiger partial charge in [-0.25, -0.2) is 4.79 Å². The van der Waals surface area contributed by atoms with E-state index in [4.69, 9.17) is 4.74 Å². The first-order valence-electron chi connectivity index (χ1n) is 7.77. The van der Waals surface area contributed by atoms with Crippen LogP contribution in [-0.2, 0) is 4.79 Å². The average molecular weight is 304 g/mol. The van der Waals surface area contributed by atoms with Crippen LogP contribution in [0.3, 0.4) is 0 Å². The first-order chi connectivity index (χ1) is 10.4. The van der Waals surface area contributed by atoms with Crippen LogP contribution in [0, 0.1) is 13.8 Å². The summed E-state index contributed by atoms with van der Waals surface area (Å²) in [5, 5.41) is 2.82. The fourth-order valence-corrected chi connectivity index (χ4v) is 2.88. The van der Waals surface area contributed by atoms with E-state index in [0.29, 0.717) is 19.4 Å². The standard InChI is InChI=1S/C17H24N2O3/c1-5-17(6-2)15(20)19(16(21)18-17)7-8-22-14-10-12(3)9-13(4)11-14/h9-11H,5-8H2,1-4H3,(H,18,21). The highest BCUT2D eigenvalue weighted by Crippen LogP contribution is 2.24. The number of aryl methyl sites for hydroxylation is 2. The molecular formula is C17H24N2O3. The van der Waals surface area contributed by atoms with Crippen LogP contribution in [-0.4, -0.2) is 35.5 Å². The Labute approximate surface area is 131 Å². The van der Waals surface area contributed by atoms with E-state index in [2.05, 4.69) is 11.4 Å². The van der Waals surface area contributed by atoms with Gasteiger partial charge in [-0.15, -0.1) is 0 Å². The number of benzene rings is 1. The van der Waals surface area contributed by atoms with Crippen molar-refractivity contribution in [1.29, 1.82) is 0 Å². The van der Waals surface area contributed by atoms with Crippen LogP contribution in [0.4, 0.5) is 4.79 Å². The molecule has 5 heteroatoms. The number of nitrogens with one attached hydrogen (secondary N) is 1. The molecule has 0 atom stereocenters. The van der Waals surface area contributed by atoms with Crippen molar-refractivity contribution in [3.8, 4) is 5.75 Å². The maximum Gasteiger partial charge on any atom is 0.325 e. The second-order valence-corrected chi connectivity index (χ2v) is 5.85. The Morgan fingerprint density at radius 3 is 2.18 bits per heavy atom. The summed E-state index contributed by atoms with van der Waals surface area (Å²) in [5.41, 5.74) is 1.51. The van der Waals surface area contributed by atoms with Gasteiger partial charge in [-0.05, 0) is 49.9 Å². The van der Waals surface area contributed by atoms with Crippen LogP contribution in [0.25, 0.3) is 0 Å². The highest BCUT2D eigenvalue weighted by Gasteiger charge is 2.48. The number of ether oxygens (including phenoxy) is 1. The molecule has 1 aliphatic heterocycles. The van der Waals surface area contributed by atoms with Crippen LogP contribution in [0.5, 0.6) is 5.75 Å². The number of rotatable bonds is 6. The Hall–Kier alpha value is -2.04. The Morgan fingerprint density at radius 1 is 1.09 bits per heavy atom. The second kappa shape index (κ2) is 6.38. The van der Waals surface area contributed by atoms with Gasteiger partial charge in [0.2, 0.25) is 0 Å². The van der Waals surface area contributed by atoms with Gasteiger partial charge < -0.3 is 10.1 Å². The lowest BCUT2D eigenvalue weighted by Gasteiger charge is -2.23. The van der Waals surface area contributed by atoms with Crippen molar-refractivity contribution in [2.24, 2.45) is 0 Å². The van der Waals surface area contributed by atoms with Crippen molar-refractivity contribution in [2.45, 2.75) is 46.1 Å². The summed E-state index contributed by atoms with van der Waals surface area (Å²) in [5.74, 6) is 0.619. The predicted molar refractivity (Wildman–Crippen MR) is 85.0 cm³/mol. The fraction of sp³-hybridized carbons (Fsp3) is 0.529. The van der Waals surface area contributed by atoms with Crippen LogP contribution in [0.15, 0.2) is 18.2 Å². The molecule has 1 aromatic rings. The molecular weight excluding hydrogens is 280 g/mol. The average Bonchev–Trinajstić information content (AvgIpc) is 2.70. The van der Waals surface area contributed by atoms with E-state index in [-0.39, 0.29) is 18.5 Å². The van der Waals surface area contributed by atoms with Crippen molar-refractivity contribution in [3.63, 3.8) is 0 Å². The van der Waals surface area contributed by atoms with Gasteiger partial charge >= 0.3 is 6.03 Å². The number of hydrogen-bond acceptors (Lipinski definition) is 3. The summed E-state index contributed by atoms with van der Waals surface area (Å²) in [6.07, 6.45) is 1.20. The zero-order valence-electron chi connectivity index (χ0n) is 13.7. The molecule has 5 nitrogen and oxygen atoms in total. The molecule has 0 saturated carbocycles. The molecule has 22 heavy (non-hydrogen) atoms. The summed E-state index contributed by atoms with van der Waals surface area (Å²) in [4.78, 5) is 25.7. The lowest BCUT2D eigenvalue weighted by molar-refractivity contribution is -0.131. The van der Waals surface area contributed by atoms with E-state index in [9.17, 15) is 9.59 Å². The van der Waals surface area contributed by atoms with Crippen molar-refractivity contribution in [3.05, 3.63) is 29.3 Å². The van der Waals surface area contributed by atoms with Crippen molar-refractivity contribution >= 4 is 11.9 Å². The number of imide groups is 1. The minimum Gasteiger partial charge on any atom is -0.492 e. The Bertz CT molecular complexity index is 559. The summed E-state index contributed by atoms with van der Waals surface area (Å²) >= 11 is 0. The van der Waals surface area contributed by atoms with Crippen molar-refractivity contribution in [1.82, 2.24) is 10.2 Å². The van der Waals surface area contributed by atoms with Crippen LogP contribution < -0.4 is 10.1 Å². The Kier molecular flexibility index (Phi) is 4.74. The third-order valence-electron chi connectivity index (χ3n) is 4.23. The molecule has 2 rings (SSSR count). The van der Waals surface area contributed by atoms with Crippen molar-refractivity contribution < 1.29 is 14.3 Å². The first-order valence-corrected chi connectivity index (χ1v) is 7.77. The summed E-state index contributed by atoms with van der Waals surface area (Å²) < 4.78 is 5.69. The van der Waals surface area contributed by atoms with Gasteiger partial charge in [-0.3, -0.25) is 9.69 Å². The Morgan fingerprint density at radius 2 is 1.68 bits per heavy atom. The zero-order chi connectivity index (χ0) is 16.3. The van der Waals surface area contributed by atoms with E-state index in [1.807, 2.05) is 39.8 Å². The van der Waals surface area contributed by atoms with Gasteiger partial charge in [0.15, 0.2) is 0 Å². The molecule has 3 amide bonds. The molecule has 0 spiro atoms. The molecule has 0 unspecified atom stereocenters. The van der Waals surface area contributed by atoms with E-state index in [1.165, 1.54) is 4.90 Å². The topological polar surface area (TPSA) is 58.6 Å². The van der Waals surface area contributed by atoms with Crippen LogP contribution in [0.1, 0.15) is 37.8 Å². The molecule has 1 aromatic carbocycles. The first kappa shape index (κ1) is 16.3. The smallest absolute Gasteiger partial charge is 0.325 e. The molecule has 0 aliphatic carbocycles. The number of hydrogen-bond donors (Lipinski definition) is 1. The number of nitrogens with zero attached hydrogens (tertiary/aromatic N) is 1. The highest BCUT2D eigenvalue weighted by atomic mass is 16.5. The molecule has 0 bridgehead atoms. The maximum absolute atomic E-state index is 12.4. The summed E-state index contributed by atoms with van der Waals surface area (Å²) in [6, 6.07) is 5.64. The van der Waals surface area contributed by atoms with Crippen molar-refractivity contribution in [2.75, 3.05) is 13.2 Å². The molecule has 1 fully saturated rings. The van der Waals surface area contributed by atoms with E-state index < -0.39 is 5.54 Å². The molecule has 0 aromatic heterocycles.